The Morgan fingerprint density at radius 3 is 2.60 bits per heavy atom. The van der Waals surface area contributed by atoms with Crippen molar-refractivity contribution < 1.29 is 9.47 Å². The number of rotatable bonds is 7. The summed E-state index contributed by atoms with van der Waals surface area (Å²) in [7, 11) is 0. The Hall–Kier alpha value is -0.120. The second-order valence-electron chi connectivity index (χ2n) is 4.13. The molecule has 1 heterocycles. The SMILES string of the molecule is CCCCC(CN1CCOCC1)OCC. The van der Waals surface area contributed by atoms with Gasteiger partial charge in [-0.2, -0.15) is 0 Å². The van der Waals surface area contributed by atoms with Crippen LogP contribution in [-0.4, -0.2) is 50.5 Å². The van der Waals surface area contributed by atoms with E-state index in [1.54, 1.807) is 0 Å². The molecule has 0 aromatic rings. The van der Waals surface area contributed by atoms with E-state index in [1.807, 2.05) is 0 Å². The molecule has 0 aromatic carbocycles. The molecule has 1 aliphatic heterocycles. The Morgan fingerprint density at radius 2 is 2.00 bits per heavy atom. The van der Waals surface area contributed by atoms with Gasteiger partial charge in [0.05, 0.1) is 19.3 Å². The second kappa shape index (κ2) is 8.08. The van der Waals surface area contributed by atoms with Gasteiger partial charge in [0.2, 0.25) is 0 Å². The molecule has 0 spiro atoms. The summed E-state index contributed by atoms with van der Waals surface area (Å²) in [5.41, 5.74) is 0. The van der Waals surface area contributed by atoms with E-state index >= 15 is 0 Å². The Balaban J connectivity index is 2.21. The van der Waals surface area contributed by atoms with Crippen LogP contribution in [-0.2, 0) is 9.47 Å². The molecule has 1 fully saturated rings. The van der Waals surface area contributed by atoms with E-state index in [1.165, 1.54) is 19.3 Å². The van der Waals surface area contributed by atoms with Crippen LogP contribution >= 0.6 is 0 Å². The van der Waals surface area contributed by atoms with Crippen molar-refractivity contribution in [3.05, 3.63) is 0 Å². The monoisotopic (exact) mass is 215 g/mol. The van der Waals surface area contributed by atoms with Gasteiger partial charge in [-0.3, -0.25) is 4.90 Å². The van der Waals surface area contributed by atoms with Gasteiger partial charge in [-0.05, 0) is 13.3 Å². The van der Waals surface area contributed by atoms with Crippen LogP contribution in [0.2, 0.25) is 0 Å². The van der Waals surface area contributed by atoms with Gasteiger partial charge in [-0.25, -0.2) is 0 Å². The largest absolute Gasteiger partial charge is 0.379 e. The molecule has 0 N–H and O–H groups in total. The maximum Gasteiger partial charge on any atom is 0.0701 e. The summed E-state index contributed by atoms with van der Waals surface area (Å²) in [6.45, 7) is 10.1. The van der Waals surface area contributed by atoms with Crippen molar-refractivity contribution in [3.8, 4) is 0 Å². The zero-order valence-corrected chi connectivity index (χ0v) is 10.2. The van der Waals surface area contributed by atoms with E-state index < -0.39 is 0 Å². The third kappa shape index (κ3) is 5.50. The standard InChI is InChI=1S/C12H25NO2/c1-3-5-6-12(15-4-2)11-13-7-9-14-10-8-13/h12H,3-11H2,1-2H3. The lowest BCUT2D eigenvalue weighted by atomic mass is 10.1. The third-order valence-electron chi connectivity index (χ3n) is 2.85. The van der Waals surface area contributed by atoms with Crippen molar-refractivity contribution in [3.63, 3.8) is 0 Å². The van der Waals surface area contributed by atoms with Crippen LogP contribution in [0.15, 0.2) is 0 Å². The van der Waals surface area contributed by atoms with E-state index in [0.29, 0.717) is 6.10 Å². The fourth-order valence-electron chi connectivity index (χ4n) is 1.97. The predicted octanol–water partition coefficient (Wildman–Crippen LogP) is 1.91. The molecule has 0 bridgehead atoms. The molecule has 0 radical (unpaired) electrons. The first-order valence-corrected chi connectivity index (χ1v) is 6.28. The third-order valence-corrected chi connectivity index (χ3v) is 2.85. The maximum atomic E-state index is 5.76. The number of morpholine rings is 1. The summed E-state index contributed by atoms with van der Waals surface area (Å²) in [4.78, 5) is 2.46. The van der Waals surface area contributed by atoms with E-state index in [4.69, 9.17) is 9.47 Å². The molecular formula is C12H25NO2. The molecule has 0 aromatic heterocycles. The minimum absolute atomic E-state index is 0.424. The zero-order chi connectivity index (χ0) is 10.9. The van der Waals surface area contributed by atoms with Crippen LogP contribution in [0.3, 0.4) is 0 Å². The first-order valence-electron chi connectivity index (χ1n) is 6.28. The Labute approximate surface area is 93.7 Å². The average molecular weight is 215 g/mol. The summed E-state index contributed by atoms with van der Waals surface area (Å²) in [5.74, 6) is 0. The van der Waals surface area contributed by atoms with Gasteiger partial charge in [-0.1, -0.05) is 19.8 Å². The van der Waals surface area contributed by atoms with Crippen LogP contribution < -0.4 is 0 Å². The Kier molecular flexibility index (Phi) is 6.98. The van der Waals surface area contributed by atoms with E-state index in [2.05, 4.69) is 18.7 Å². The van der Waals surface area contributed by atoms with Crippen molar-refractivity contribution in [1.29, 1.82) is 0 Å². The highest BCUT2D eigenvalue weighted by Crippen LogP contribution is 2.08. The molecule has 0 aliphatic carbocycles. The van der Waals surface area contributed by atoms with Gasteiger partial charge in [0.15, 0.2) is 0 Å². The summed E-state index contributed by atoms with van der Waals surface area (Å²) in [6.07, 6.45) is 4.15. The van der Waals surface area contributed by atoms with Gasteiger partial charge in [-0.15, -0.1) is 0 Å². The van der Waals surface area contributed by atoms with Crippen LogP contribution in [0, 0.1) is 0 Å². The Bertz CT molecular complexity index is 147. The van der Waals surface area contributed by atoms with Gasteiger partial charge in [0, 0.05) is 26.2 Å². The van der Waals surface area contributed by atoms with Crippen molar-refractivity contribution in [1.82, 2.24) is 4.90 Å². The van der Waals surface area contributed by atoms with Crippen molar-refractivity contribution in [2.24, 2.45) is 0 Å². The van der Waals surface area contributed by atoms with Crippen molar-refractivity contribution in [2.45, 2.75) is 39.2 Å². The predicted molar refractivity (Wildman–Crippen MR) is 62.2 cm³/mol. The zero-order valence-electron chi connectivity index (χ0n) is 10.2. The summed E-state index contributed by atoms with van der Waals surface area (Å²) < 4.78 is 11.1. The van der Waals surface area contributed by atoms with Crippen LogP contribution in [0.5, 0.6) is 0 Å². The molecule has 3 nitrogen and oxygen atoms in total. The molecular weight excluding hydrogens is 190 g/mol. The van der Waals surface area contributed by atoms with Gasteiger partial charge < -0.3 is 9.47 Å². The molecule has 0 amide bonds. The quantitative estimate of drug-likeness (QED) is 0.647. The van der Waals surface area contributed by atoms with Crippen LogP contribution in [0.25, 0.3) is 0 Å². The topological polar surface area (TPSA) is 21.7 Å². The molecule has 1 atom stereocenters. The first kappa shape index (κ1) is 12.9. The molecule has 3 heteroatoms. The molecule has 1 unspecified atom stereocenters. The molecule has 1 aliphatic rings. The highest BCUT2D eigenvalue weighted by Gasteiger charge is 2.16. The van der Waals surface area contributed by atoms with Crippen LogP contribution in [0.1, 0.15) is 33.1 Å². The number of ether oxygens (including phenoxy) is 2. The smallest absolute Gasteiger partial charge is 0.0701 e. The first-order chi connectivity index (χ1) is 7.36. The highest BCUT2D eigenvalue weighted by atomic mass is 16.5. The van der Waals surface area contributed by atoms with Crippen molar-refractivity contribution in [2.75, 3.05) is 39.5 Å². The lowest BCUT2D eigenvalue weighted by Crippen LogP contribution is -2.41. The maximum absolute atomic E-state index is 5.76. The minimum Gasteiger partial charge on any atom is -0.379 e. The fourth-order valence-corrected chi connectivity index (χ4v) is 1.97. The average Bonchev–Trinajstić information content (AvgIpc) is 2.28. The summed E-state index contributed by atoms with van der Waals surface area (Å²) >= 11 is 0. The molecule has 1 saturated heterocycles. The van der Waals surface area contributed by atoms with Gasteiger partial charge in [0.25, 0.3) is 0 Å². The normalized spacial score (nSPS) is 20.4. The lowest BCUT2D eigenvalue weighted by Gasteiger charge is -2.30. The molecule has 1 rings (SSSR count). The summed E-state index contributed by atoms with van der Waals surface area (Å²) in [5, 5.41) is 0. The van der Waals surface area contributed by atoms with E-state index in [-0.39, 0.29) is 0 Å². The molecule has 90 valence electrons. The Morgan fingerprint density at radius 1 is 1.27 bits per heavy atom. The number of hydrogen-bond donors (Lipinski definition) is 0. The molecule has 15 heavy (non-hydrogen) atoms. The molecule has 0 saturated carbocycles. The number of hydrogen-bond acceptors (Lipinski definition) is 3. The van der Waals surface area contributed by atoms with Crippen molar-refractivity contribution >= 4 is 0 Å². The van der Waals surface area contributed by atoms with E-state index in [0.717, 1.165) is 39.5 Å². The summed E-state index contributed by atoms with van der Waals surface area (Å²) in [6, 6.07) is 0. The fraction of sp³-hybridized carbons (Fsp3) is 1.00. The second-order valence-corrected chi connectivity index (χ2v) is 4.13. The highest BCUT2D eigenvalue weighted by molar-refractivity contribution is 4.68. The van der Waals surface area contributed by atoms with Crippen LogP contribution in [0.4, 0.5) is 0 Å². The van der Waals surface area contributed by atoms with Gasteiger partial charge in [0.1, 0.15) is 0 Å². The number of nitrogens with zero attached hydrogens (tertiary/aromatic N) is 1. The number of unbranched alkanes of at least 4 members (excludes halogenated alkanes) is 1. The van der Waals surface area contributed by atoms with Gasteiger partial charge >= 0.3 is 0 Å². The minimum atomic E-state index is 0.424. The lowest BCUT2D eigenvalue weighted by molar-refractivity contribution is -0.0119. The van der Waals surface area contributed by atoms with E-state index in [9.17, 15) is 0 Å².